The van der Waals surface area contributed by atoms with Gasteiger partial charge in [-0.05, 0) is 37.1 Å². The van der Waals surface area contributed by atoms with Crippen LogP contribution in [-0.4, -0.2) is 25.0 Å². The Labute approximate surface area is 159 Å². The number of ether oxygens (including phenoxy) is 1. The molecule has 1 heterocycles. The average molecular weight is 367 g/mol. The fourth-order valence-corrected chi connectivity index (χ4v) is 3.18. The van der Waals surface area contributed by atoms with Crippen molar-refractivity contribution in [1.29, 1.82) is 0 Å². The molecule has 1 aliphatic rings. The van der Waals surface area contributed by atoms with Gasteiger partial charge in [-0.1, -0.05) is 42.5 Å². The molecule has 0 aromatic heterocycles. The molecule has 3 N–H and O–H groups in total. The number of rotatable bonds is 5. The minimum absolute atomic E-state index is 0.105. The largest absolute Gasteiger partial charge is 0.497 e. The Balaban J connectivity index is 1.71. The van der Waals surface area contributed by atoms with Gasteiger partial charge in [-0.25, -0.2) is 0 Å². The lowest BCUT2D eigenvalue weighted by Crippen LogP contribution is -2.58. The Morgan fingerprint density at radius 1 is 1.11 bits per heavy atom. The van der Waals surface area contributed by atoms with Crippen LogP contribution in [0.5, 0.6) is 5.75 Å². The van der Waals surface area contributed by atoms with Gasteiger partial charge in [0.15, 0.2) is 0 Å². The molecule has 1 fully saturated rings. The van der Waals surface area contributed by atoms with E-state index >= 15 is 0 Å². The number of hydrogen-bond donors (Lipinski definition) is 3. The SMILES string of the molecule is COc1ccc(C(C)(C)NC(=O)C2CC(=O)NC(c3ccccc3)N2)cc1. The number of hydrogen-bond acceptors (Lipinski definition) is 4. The highest BCUT2D eigenvalue weighted by Gasteiger charge is 2.34. The Hall–Kier alpha value is -2.86. The average Bonchev–Trinajstić information content (AvgIpc) is 2.68. The molecule has 142 valence electrons. The molecule has 2 atom stereocenters. The third-order valence-electron chi connectivity index (χ3n) is 4.76. The molecule has 6 heteroatoms. The molecule has 0 spiro atoms. The number of amides is 2. The van der Waals surface area contributed by atoms with E-state index in [1.807, 2.05) is 68.4 Å². The first kappa shape index (κ1) is 18.9. The second kappa shape index (κ2) is 7.80. The van der Waals surface area contributed by atoms with Crippen LogP contribution in [0, 0.1) is 0 Å². The Morgan fingerprint density at radius 2 is 1.78 bits per heavy atom. The van der Waals surface area contributed by atoms with E-state index in [1.54, 1.807) is 7.11 Å². The predicted octanol–water partition coefficient (Wildman–Crippen LogP) is 2.22. The Bertz CT molecular complexity index is 803. The summed E-state index contributed by atoms with van der Waals surface area (Å²) in [5, 5.41) is 9.16. The second-order valence-electron chi connectivity index (χ2n) is 7.18. The number of methoxy groups -OCH3 is 1. The highest BCUT2D eigenvalue weighted by atomic mass is 16.5. The van der Waals surface area contributed by atoms with E-state index in [9.17, 15) is 9.59 Å². The maximum absolute atomic E-state index is 12.9. The van der Waals surface area contributed by atoms with Gasteiger partial charge in [0.1, 0.15) is 11.9 Å². The van der Waals surface area contributed by atoms with Crippen LogP contribution in [0.1, 0.15) is 37.6 Å². The number of nitrogens with one attached hydrogen (secondary N) is 3. The van der Waals surface area contributed by atoms with Crippen molar-refractivity contribution in [3.05, 3.63) is 65.7 Å². The van der Waals surface area contributed by atoms with Gasteiger partial charge in [0.2, 0.25) is 11.8 Å². The number of benzene rings is 2. The molecule has 27 heavy (non-hydrogen) atoms. The van der Waals surface area contributed by atoms with E-state index in [0.29, 0.717) is 0 Å². The smallest absolute Gasteiger partial charge is 0.238 e. The van der Waals surface area contributed by atoms with Gasteiger partial charge in [-0.15, -0.1) is 0 Å². The summed E-state index contributed by atoms with van der Waals surface area (Å²) in [4.78, 5) is 25.0. The van der Waals surface area contributed by atoms with Crippen molar-refractivity contribution < 1.29 is 14.3 Å². The monoisotopic (exact) mass is 367 g/mol. The van der Waals surface area contributed by atoms with Crippen molar-refractivity contribution in [2.24, 2.45) is 0 Å². The zero-order chi connectivity index (χ0) is 19.4. The molecule has 2 aromatic carbocycles. The molecule has 2 unspecified atom stereocenters. The first-order valence-corrected chi connectivity index (χ1v) is 8.96. The lowest BCUT2D eigenvalue weighted by molar-refractivity contribution is -0.132. The van der Waals surface area contributed by atoms with Crippen LogP contribution in [0.4, 0.5) is 0 Å². The summed E-state index contributed by atoms with van der Waals surface area (Å²) in [5.41, 5.74) is 1.29. The van der Waals surface area contributed by atoms with Crippen molar-refractivity contribution >= 4 is 11.8 Å². The Morgan fingerprint density at radius 3 is 2.41 bits per heavy atom. The fraction of sp³-hybridized carbons (Fsp3) is 0.333. The highest BCUT2D eigenvalue weighted by molar-refractivity contribution is 5.90. The Kier molecular flexibility index (Phi) is 5.46. The van der Waals surface area contributed by atoms with Gasteiger partial charge in [0, 0.05) is 0 Å². The van der Waals surface area contributed by atoms with Gasteiger partial charge >= 0.3 is 0 Å². The molecule has 2 aromatic rings. The number of carbonyl (C=O) groups excluding carboxylic acids is 2. The van der Waals surface area contributed by atoms with Gasteiger partial charge in [0.25, 0.3) is 0 Å². The summed E-state index contributed by atoms with van der Waals surface area (Å²) < 4.78 is 5.18. The minimum Gasteiger partial charge on any atom is -0.497 e. The van der Waals surface area contributed by atoms with E-state index in [0.717, 1.165) is 16.9 Å². The predicted molar refractivity (Wildman–Crippen MR) is 103 cm³/mol. The molecule has 0 saturated carbocycles. The summed E-state index contributed by atoms with van der Waals surface area (Å²) in [5.74, 6) is 0.411. The molecule has 3 rings (SSSR count). The standard InChI is InChI=1S/C21H25N3O3/c1-21(2,15-9-11-16(27-3)12-10-15)24-20(26)17-13-18(25)23-19(22-17)14-7-5-4-6-8-14/h4-12,17,19,22H,13H2,1-3H3,(H,23,25)(H,24,26). The molecule has 1 aliphatic heterocycles. The van der Waals surface area contributed by atoms with Crippen molar-refractivity contribution in [3.8, 4) is 5.75 Å². The van der Waals surface area contributed by atoms with Gasteiger partial charge in [0.05, 0.1) is 25.1 Å². The van der Waals surface area contributed by atoms with Gasteiger partial charge in [-0.2, -0.15) is 0 Å². The van der Waals surface area contributed by atoms with Crippen LogP contribution in [-0.2, 0) is 15.1 Å². The molecular formula is C21H25N3O3. The van der Waals surface area contributed by atoms with Crippen molar-refractivity contribution in [3.63, 3.8) is 0 Å². The molecular weight excluding hydrogens is 342 g/mol. The zero-order valence-electron chi connectivity index (χ0n) is 15.8. The minimum atomic E-state index is -0.596. The summed E-state index contributed by atoms with van der Waals surface area (Å²) in [6.45, 7) is 3.87. The van der Waals surface area contributed by atoms with Crippen LogP contribution in [0.3, 0.4) is 0 Å². The molecule has 0 radical (unpaired) electrons. The van der Waals surface area contributed by atoms with E-state index < -0.39 is 11.6 Å². The third-order valence-corrected chi connectivity index (χ3v) is 4.76. The van der Waals surface area contributed by atoms with Gasteiger partial charge < -0.3 is 15.4 Å². The summed E-state index contributed by atoms with van der Waals surface area (Å²) >= 11 is 0. The normalized spacial score (nSPS) is 19.9. The second-order valence-corrected chi connectivity index (χ2v) is 7.18. The maximum atomic E-state index is 12.9. The van der Waals surface area contributed by atoms with Gasteiger partial charge in [-0.3, -0.25) is 14.9 Å². The van der Waals surface area contributed by atoms with Crippen LogP contribution in [0.2, 0.25) is 0 Å². The first-order valence-electron chi connectivity index (χ1n) is 8.96. The van der Waals surface area contributed by atoms with Crippen molar-refractivity contribution in [2.75, 3.05) is 7.11 Å². The van der Waals surface area contributed by atoms with E-state index in [2.05, 4.69) is 16.0 Å². The topological polar surface area (TPSA) is 79.5 Å². The quantitative estimate of drug-likeness (QED) is 0.757. The van der Waals surface area contributed by atoms with E-state index in [-0.39, 0.29) is 24.4 Å². The summed E-state index contributed by atoms with van der Waals surface area (Å²) in [6, 6.07) is 16.5. The maximum Gasteiger partial charge on any atom is 0.238 e. The molecule has 0 bridgehead atoms. The molecule has 6 nitrogen and oxygen atoms in total. The molecule has 0 aliphatic carbocycles. The lowest BCUT2D eigenvalue weighted by Gasteiger charge is -2.34. The van der Waals surface area contributed by atoms with Crippen molar-refractivity contribution in [2.45, 2.75) is 38.0 Å². The summed E-state index contributed by atoms with van der Waals surface area (Å²) in [6.07, 6.45) is -0.277. The van der Waals surface area contributed by atoms with Crippen molar-refractivity contribution in [1.82, 2.24) is 16.0 Å². The van der Waals surface area contributed by atoms with E-state index in [1.165, 1.54) is 0 Å². The van der Waals surface area contributed by atoms with Crippen LogP contribution in [0.15, 0.2) is 54.6 Å². The fourth-order valence-electron chi connectivity index (χ4n) is 3.18. The zero-order valence-corrected chi connectivity index (χ0v) is 15.8. The molecule has 2 amide bonds. The first-order chi connectivity index (χ1) is 12.9. The van der Waals surface area contributed by atoms with Crippen LogP contribution >= 0.6 is 0 Å². The molecule has 1 saturated heterocycles. The summed E-state index contributed by atoms with van der Waals surface area (Å²) in [7, 11) is 1.62. The third kappa shape index (κ3) is 4.46. The highest BCUT2D eigenvalue weighted by Crippen LogP contribution is 2.23. The van der Waals surface area contributed by atoms with Crippen LogP contribution < -0.4 is 20.7 Å². The lowest BCUT2D eigenvalue weighted by atomic mass is 9.93. The van der Waals surface area contributed by atoms with E-state index in [4.69, 9.17) is 4.74 Å². The number of carbonyl (C=O) groups is 2. The van der Waals surface area contributed by atoms with Crippen LogP contribution in [0.25, 0.3) is 0 Å².